The predicted octanol–water partition coefficient (Wildman–Crippen LogP) is 1.57. The maximum atomic E-state index is 12.4. The van der Waals surface area contributed by atoms with Crippen LogP contribution in [0.25, 0.3) is 5.69 Å². The fourth-order valence-electron chi connectivity index (χ4n) is 2.36. The van der Waals surface area contributed by atoms with E-state index in [1.165, 1.54) is 4.90 Å². The molecule has 124 valence electrons. The molecule has 0 saturated carbocycles. The minimum Gasteiger partial charge on any atom is -0.395 e. The molecule has 0 aliphatic heterocycles. The highest BCUT2D eigenvalue weighted by atomic mass is 35.5. The summed E-state index contributed by atoms with van der Waals surface area (Å²) in [7, 11) is 0. The first-order valence-electron chi connectivity index (χ1n) is 7.32. The summed E-state index contributed by atoms with van der Waals surface area (Å²) in [6, 6.07) is 6.98. The lowest BCUT2D eigenvalue weighted by molar-refractivity contribution is 0.0685. The standard InChI is InChI=1S/C16H20ClN3O3/c1-11-15(17)12(2)20(18-11)14-5-3-13(4-6-14)16(23)19(7-9-21)8-10-22/h3-6,21-22H,7-10H2,1-2H3. The number of aliphatic hydroxyl groups is 2. The molecule has 1 heterocycles. The molecular weight excluding hydrogens is 318 g/mol. The maximum absolute atomic E-state index is 12.4. The normalized spacial score (nSPS) is 10.8. The zero-order valence-electron chi connectivity index (χ0n) is 13.2. The quantitative estimate of drug-likeness (QED) is 0.838. The van der Waals surface area contributed by atoms with Crippen LogP contribution >= 0.6 is 11.6 Å². The third-order valence-corrected chi connectivity index (χ3v) is 4.14. The smallest absolute Gasteiger partial charge is 0.254 e. The number of nitrogens with zero attached hydrogens (tertiary/aromatic N) is 3. The summed E-state index contributed by atoms with van der Waals surface area (Å²) in [6.07, 6.45) is 0. The van der Waals surface area contributed by atoms with Gasteiger partial charge in [-0.2, -0.15) is 5.10 Å². The van der Waals surface area contributed by atoms with Crippen molar-refractivity contribution in [2.75, 3.05) is 26.3 Å². The molecule has 0 saturated heterocycles. The molecule has 0 spiro atoms. The average molecular weight is 338 g/mol. The van der Waals surface area contributed by atoms with Crippen LogP contribution in [0, 0.1) is 13.8 Å². The third kappa shape index (κ3) is 3.72. The maximum Gasteiger partial charge on any atom is 0.254 e. The van der Waals surface area contributed by atoms with E-state index < -0.39 is 0 Å². The van der Waals surface area contributed by atoms with Crippen molar-refractivity contribution in [1.29, 1.82) is 0 Å². The Kier molecular flexibility index (Phi) is 5.76. The number of aromatic nitrogens is 2. The Hall–Kier alpha value is -1.89. The minimum atomic E-state index is -0.231. The van der Waals surface area contributed by atoms with Gasteiger partial charge in [-0.25, -0.2) is 4.68 Å². The monoisotopic (exact) mass is 337 g/mol. The van der Waals surface area contributed by atoms with Crippen molar-refractivity contribution in [2.24, 2.45) is 0 Å². The lowest BCUT2D eigenvalue weighted by Gasteiger charge is -2.20. The van der Waals surface area contributed by atoms with Gasteiger partial charge in [0.2, 0.25) is 0 Å². The van der Waals surface area contributed by atoms with Crippen LogP contribution in [0.1, 0.15) is 21.7 Å². The second-order valence-corrected chi connectivity index (χ2v) is 5.56. The fourth-order valence-corrected chi connectivity index (χ4v) is 2.48. The largest absolute Gasteiger partial charge is 0.395 e. The predicted molar refractivity (Wildman–Crippen MR) is 88.1 cm³/mol. The van der Waals surface area contributed by atoms with Gasteiger partial charge in [-0.15, -0.1) is 0 Å². The van der Waals surface area contributed by atoms with E-state index in [1.54, 1.807) is 28.9 Å². The van der Waals surface area contributed by atoms with Crippen LogP contribution in [0.3, 0.4) is 0 Å². The van der Waals surface area contributed by atoms with Crippen LogP contribution in [-0.2, 0) is 0 Å². The first kappa shape index (κ1) is 17.5. The van der Waals surface area contributed by atoms with Crippen LogP contribution < -0.4 is 0 Å². The second kappa shape index (κ2) is 7.59. The Bertz CT molecular complexity index is 677. The number of hydrogen-bond donors (Lipinski definition) is 2. The molecule has 0 aliphatic carbocycles. The molecule has 0 radical (unpaired) electrons. The second-order valence-electron chi connectivity index (χ2n) is 5.18. The summed E-state index contributed by atoms with van der Waals surface area (Å²) < 4.78 is 1.73. The molecule has 2 aromatic rings. The zero-order valence-corrected chi connectivity index (χ0v) is 13.9. The van der Waals surface area contributed by atoms with Crippen LogP contribution in [0.4, 0.5) is 0 Å². The van der Waals surface area contributed by atoms with E-state index in [9.17, 15) is 4.79 Å². The van der Waals surface area contributed by atoms with Gasteiger partial charge < -0.3 is 15.1 Å². The fraction of sp³-hybridized carbons (Fsp3) is 0.375. The topological polar surface area (TPSA) is 78.6 Å². The van der Waals surface area contributed by atoms with Crippen molar-refractivity contribution in [2.45, 2.75) is 13.8 Å². The van der Waals surface area contributed by atoms with Gasteiger partial charge in [-0.05, 0) is 38.1 Å². The van der Waals surface area contributed by atoms with Crippen LogP contribution in [0.2, 0.25) is 5.02 Å². The van der Waals surface area contributed by atoms with Crippen molar-refractivity contribution in [3.8, 4) is 5.69 Å². The van der Waals surface area contributed by atoms with Gasteiger partial charge >= 0.3 is 0 Å². The third-order valence-electron chi connectivity index (χ3n) is 3.59. The summed E-state index contributed by atoms with van der Waals surface area (Å²) in [5.74, 6) is -0.231. The van der Waals surface area contributed by atoms with Gasteiger partial charge in [0.05, 0.1) is 35.3 Å². The summed E-state index contributed by atoms with van der Waals surface area (Å²) in [6.45, 7) is 3.81. The van der Waals surface area contributed by atoms with Crippen molar-refractivity contribution < 1.29 is 15.0 Å². The molecule has 6 nitrogen and oxygen atoms in total. The molecule has 0 fully saturated rings. The number of aliphatic hydroxyl groups excluding tert-OH is 2. The minimum absolute atomic E-state index is 0.145. The Morgan fingerprint density at radius 1 is 1.17 bits per heavy atom. The zero-order chi connectivity index (χ0) is 17.0. The molecule has 1 amide bonds. The first-order chi connectivity index (χ1) is 11.0. The van der Waals surface area contributed by atoms with Gasteiger partial charge in [0.15, 0.2) is 0 Å². The van der Waals surface area contributed by atoms with E-state index in [1.807, 2.05) is 13.8 Å². The molecule has 2 N–H and O–H groups in total. The van der Waals surface area contributed by atoms with Crippen molar-refractivity contribution in [3.05, 3.63) is 46.2 Å². The number of carbonyl (C=O) groups is 1. The van der Waals surface area contributed by atoms with E-state index in [-0.39, 0.29) is 32.2 Å². The molecule has 2 rings (SSSR count). The summed E-state index contributed by atoms with van der Waals surface area (Å²) in [5.41, 5.74) is 2.89. The molecule has 0 bridgehead atoms. The van der Waals surface area contributed by atoms with Crippen LogP contribution in [0.5, 0.6) is 0 Å². The number of halogens is 1. The van der Waals surface area contributed by atoms with Gasteiger partial charge in [0.25, 0.3) is 5.91 Å². The first-order valence-corrected chi connectivity index (χ1v) is 7.70. The highest BCUT2D eigenvalue weighted by Crippen LogP contribution is 2.22. The number of rotatable bonds is 6. The summed E-state index contributed by atoms with van der Waals surface area (Å²) in [4.78, 5) is 13.8. The summed E-state index contributed by atoms with van der Waals surface area (Å²) in [5, 5.41) is 23.0. The molecule has 0 unspecified atom stereocenters. The van der Waals surface area contributed by atoms with E-state index in [0.717, 1.165) is 17.1 Å². The van der Waals surface area contributed by atoms with Crippen molar-refractivity contribution in [3.63, 3.8) is 0 Å². The van der Waals surface area contributed by atoms with E-state index in [0.29, 0.717) is 10.6 Å². The van der Waals surface area contributed by atoms with E-state index in [4.69, 9.17) is 21.8 Å². The summed E-state index contributed by atoms with van der Waals surface area (Å²) >= 11 is 6.15. The van der Waals surface area contributed by atoms with Gasteiger partial charge in [-0.3, -0.25) is 4.79 Å². The number of hydrogen-bond acceptors (Lipinski definition) is 4. The van der Waals surface area contributed by atoms with Gasteiger partial charge in [0.1, 0.15) is 0 Å². The molecule has 0 aliphatic rings. The van der Waals surface area contributed by atoms with Crippen LogP contribution in [0.15, 0.2) is 24.3 Å². The molecule has 0 atom stereocenters. The highest BCUT2D eigenvalue weighted by Gasteiger charge is 2.16. The molecule has 23 heavy (non-hydrogen) atoms. The Morgan fingerprint density at radius 3 is 2.17 bits per heavy atom. The lowest BCUT2D eigenvalue weighted by Crippen LogP contribution is -2.35. The number of carbonyl (C=O) groups excluding carboxylic acids is 1. The highest BCUT2D eigenvalue weighted by molar-refractivity contribution is 6.31. The SMILES string of the molecule is Cc1nn(-c2ccc(C(=O)N(CCO)CCO)cc2)c(C)c1Cl. The number of benzene rings is 1. The Morgan fingerprint density at radius 2 is 1.74 bits per heavy atom. The Labute approximate surface area is 139 Å². The molecule has 7 heteroatoms. The number of amides is 1. The lowest BCUT2D eigenvalue weighted by atomic mass is 10.1. The van der Waals surface area contributed by atoms with Gasteiger partial charge in [-0.1, -0.05) is 11.6 Å². The van der Waals surface area contributed by atoms with E-state index >= 15 is 0 Å². The molecule has 1 aromatic heterocycles. The average Bonchev–Trinajstić information content (AvgIpc) is 2.82. The number of aryl methyl sites for hydroxylation is 1. The van der Waals surface area contributed by atoms with E-state index in [2.05, 4.69) is 5.10 Å². The van der Waals surface area contributed by atoms with Gasteiger partial charge in [0, 0.05) is 18.7 Å². The Balaban J connectivity index is 2.24. The van der Waals surface area contributed by atoms with Crippen molar-refractivity contribution in [1.82, 2.24) is 14.7 Å². The molecule has 1 aromatic carbocycles. The van der Waals surface area contributed by atoms with Crippen LogP contribution in [-0.4, -0.2) is 57.1 Å². The molecular formula is C16H20ClN3O3. The van der Waals surface area contributed by atoms with Crippen molar-refractivity contribution >= 4 is 17.5 Å².